The van der Waals surface area contributed by atoms with E-state index in [2.05, 4.69) is 34.6 Å². The zero-order chi connectivity index (χ0) is 14.1. The van der Waals surface area contributed by atoms with Crippen LogP contribution in [0.15, 0.2) is 36.5 Å². The van der Waals surface area contributed by atoms with Crippen LogP contribution in [0.5, 0.6) is 5.75 Å². The number of nitrogens with one attached hydrogen (secondary N) is 1. The maximum Gasteiger partial charge on any atom is 0.146 e. The van der Waals surface area contributed by atoms with Gasteiger partial charge in [0, 0.05) is 17.6 Å². The van der Waals surface area contributed by atoms with Gasteiger partial charge in [-0.2, -0.15) is 0 Å². The van der Waals surface area contributed by atoms with E-state index < -0.39 is 0 Å². The molecule has 2 aromatic rings. The van der Waals surface area contributed by atoms with Gasteiger partial charge in [0.2, 0.25) is 0 Å². The number of hydrogen-bond acceptors (Lipinski definition) is 3. The van der Waals surface area contributed by atoms with Gasteiger partial charge in [-0.05, 0) is 57.2 Å². The van der Waals surface area contributed by atoms with Crippen LogP contribution in [0.4, 0.5) is 0 Å². The van der Waals surface area contributed by atoms with Crippen molar-refractivity contribution >= 4 is 10.9 Å². The molecule has 0 radical (unpaired) electrons. The molecule has 0 bridgehead atoms. The lowest BCUT2D eigenvalue weighted by molar-refractivity contribution is -0.0131. The van der Waals surface area contributed by atoms with Crippen molar-refractivity contribution in [2.45, 2.75) is 50.2 Å². The van der Waals surface area contributed by atoms with E-state index in [-0.39, 0.29) is 5.60 Å². The summed E-state index contributed by atoms with van der Waals surface area (Å²) in [5.41, 5.74) is 1.02. The van der Waals surface area contributed by atoms with Crippen LogP contribution in [0.1, 0.15) is 38.5 Å². The van der Waals surface area contributed by atoms with E-state index in [4.69, 9.17) is 4.74 Å². The maximum atomic E-state index is 6.45. The molecule has 3 nitrogen and oxygen atoms in total. The van der Waals surface area contributed by atoms with Crippen molar-refractivity contribution in [1.82, 2.24) is 10.3 Å². The molecule has 2 fully saturated rings. The molecule has 110 valence electrons. The number of ether oxygens (including phenoxy) is 1. The fourth-order valence-electron chi connectivity index (χ4n) is 3.16. The molecular weight excluding hydrogens is 260 g/mol. The monoisotopic (exact) mass is 282 g/mol. The number of rotatable bonds is 6. The molecular formula is C18H22N2O. The highest BCUT2D eigenvalue weighted by molar-refractivity contribution is 5.84. The van der Waals surface area contributed by atoms with Crippen molar-refractivity contribution in [3.05, 3.63) is 36.5 Å². The predicted octanol–water partition coefficient (Wildman–Crippen LogP) is 3.68. The second-order valence-electron chi connectivity index (χ2n) is 6.45. The molecule has 2 aliphatic carbocycles. The molecule has 2 aliphatic rings. The Kier molecular flexibility index (Phi) is 3.30. The molecule has 2 saturated carbocycles. The maximum absolute atomic E-state index is 6.45. The number of hydrogen-bond donors (Lipinski definition) is 1. The van der Waals surface area contributed by atoms with Crippen molar-refractivity contribution in [2.75, 3.05) is 6.54 Å². The van der Waals surface area contributed by atoms with Crippen LogP contribution in [-0.2, 0) is 0 Å². The third kappa shape index (κ3) is 2.75. The topological polar surface area (TPSA) is 34.1 Å². The van der Waals surface area contributed by atoms with E-state index in [0.717, 1.165) is 35.7 Å². The summed E-state index contributed by atoms with van der Waals surface area (Å²) in [5.74, 6) is 0.944. The Morgan fingerprint density at radius 2 is 2.05 bits per heavy atom. The highest BCUT2D eigenvalue weighted by Gasteiger charge is 2.39. The van der Waals surface area contributed by atoms with E-state index in [1.165, 1.54) is 32.1 Å². The summed E-state index contributed by atoms with van der Waals surface area (Å²) in [7, 11) is 0. The molecule has 0 spiro atoms. The average Bonchev–Trinajstić information content (AvgIpc) is 3.29. The number of aromatic nitrogens is 1. The first kappa shape index (κ1) is 13.1. The van der Waals surface area contributed by atoms with E-state index in [1.807, 2.05) is 12.3 Å². The minimum atomic E-state index is 0.0354. The van der Waals surface area contributed by atoms with Crippen LogP contribution < -0.4 is 10.1 Å². The molecule has 4 rings (SSSR count). The van der Waals surface area contributed by atoms with Gasteiger partial charge >= 0.3 is 0 Å². The first-order valence-corrected chi connectivity index (χ1v) is 8.11. The Labute approximate surface area is 125 Å². The van der Waals surface area contributed by atoms with E-state index in [1.54, 1.807) is 0 Å². The smallest absolute Gasteiger partial charge is 0.146 e. The number of fused-ring (bicyclic) bond motifs is 1. The van der Waals surface area contributed by atoms with Crippen LogP contribution in [0.25, 0.3) is 10.9 Å². The Hall–Kier alpha value is -1.61. The molecule has 0 unspecified atom stereocenters. The summed E-state index contributed by atoms with van der Waals surface area (Å²) in [4.78, 5) is 4.50. The Morgan fingerprint density at radius 1 is 1.19 bits per heavy atom. The molecule has 1 heterocycles. The lowest BCUT2D eigenvalue weighted by atomic mass is 9.77. The zero-order valence-electron chi connectivity index (χ0n) is 12.3. The van der Waals surface area contributed by atoms with E-state index in [9.17, 15) is 0 Å². The minimum Gasteiger partial charge on any atom is -0.485 e. The predicted molar refractivity (Wildman–Crippen MR) is 84.6 cm³/mol. The van der Waals surface area contributed by atoms with Gasteiger partial charge in [0.1, 0.15) is 16.9 Å². The zero-order valence-corrected chi connectivity index (χ0v) is 12.3. The Balaban J connectivity index is 1.51. The Morgan fingerprint density at radius 3 is 2.81 bits per heavy atom. The third-order valence-electron chi connectivity index (χ3n) is 4.78. The summed E-state index contributed by atoms with van der Waals surface area (Å²) in [6.07, 6.45) is 9.26. The number of nitrogens with zero attached hydrogens (tertiary/aromatic N) is 1. The molecule has 0 saturated heterocycles. The normalized spacial score (nSPS) is 20.2. The van der Waals surface area contributed by atoms with E-state index in [0.29, 0.717) is 0 Å². The van der Waals surface area contributed by atoms with Gasteiger partial charge in [-0.3, -0.25) is 4.98 Å². The van der Waals surface area contributed by atoms with Crippen molar-refractivity contribution in [2.24, 2.45) is 0 Å². The van der Waals surface area contributed by atoms with Gasteiger partial charge < -0.3 is 10.1 Å². The first-order valence-electron chi connectivity index (χ1n) is 8.11. The quantitative estimate of drug-likeness (QED) is 0.877. The largest absolute Gasteiger partial charge is 0.485 e. The fraction of sp³-hybridized carbons (Fsp3) is 0.500. The van der Waals surface area contributed by atoms with Crippen molar-refractivity contribution < 1.29 is 4.74 Å². The second-order valence-corrected chi connectivity index (χ2v) is 6.45. The minimum absolute atomic E-state index is 0.0354. The lowest BCUT2D eigenvalue weighted by Crippen LogP contribution is -2.45. The molecule has 1 aromatic carbocycles. The Bertz CT molecular complexity index is 627. The number of pyridine rings is 1. The highest BCUT2D eigenvalue weighted by atomic mass is 16.5. The fourth-order valence-corrected chi connectivity index (χ4v) is 3.16. The van der Waals surface area contributed by atoms with Gasteiger partial charge in [0.15, 0.2) is 0 Å². The van der Waals surface area contributed by atoms with Crippen molar-refractivity contribution in [3.63, 3.8) is 0 Å². The van der Waals surface area contributed by atoms with Gasteiger partial charge in [0.25, 0.3) is 0 Å². The molecule has 0 aliphatic heterocycles. The first-order chi connectivity index (χ1) is 10.3. The summed E-state index contributed by atoms with van der Waals surface area (Å²) in [6, 6.07) is 11.1. The summed E-state index contributed by atoms with van der Waals surface area (Å²) in [6.45, 7) is 1.07. The SMILES string of the molecule is c1cnc2c(OC3(CCNC4CC4)CCC3)cccc2c1. The summed E-state index contributed by atoms with van der Waals surface area (Å²) >= 11 is 0. The molecule has 3 heteroatoms. The van der Waals surface area contributed by atoms with Crippen molar-refractivity contribution in [1.29, 1.82) is 0 Å². The molecule has 21 heavy (non-hydrogen) atoms. The summed E-state index contributed by atoms with van der Waals surface area (Å²) < 4.78 is 6.45. The van der Waals surface area contributed by atoms with Crippen LogP contribution >= 0.6 is 0 Å². The third-order valence-corrected chi connectivity index (χ3v) is 4.78. The van der Waals surface area contributed by atoms with Crippen LogP contribution in [0.3, 0.4) is 0 Å². The van der Waals surface area contributed by atoms with E-state index >= 15 is 0 Å². The average molecular weight is 282 g/mol. The van der Waals surface area contributed by atoms with Gasteiger partial charge in [0.05, 0.1) is 0 Å². The summed E-state index contributed by atoms with van der Waals surface area (Å²) in [5, 5.41) is 4.76. The van der Waals surface area contributed by atoms with Gasteiger partial charge in [-0.1, -0.05) is 18.2 Å². The molecule has 0 amide bonds. The van der Waals surface area contributed by atoms with Gasteiger partial charge in [-0.15, -0.1) is 0 Å². The molecule has 1 N–H and O–H groups in total. The van der Waals surface area contributed by atoms with Crippen LogP contribution in [0, 0.1) is 0 Å². The second kappa shape index (κ2) is 5.30. The molecule has 0 atom stereocenters. The standard InChI is InChI=1S/C18H22N2O/c1-4-14-5-2-12-20-17(14)16(6-1)21-18(9-3-10-18)11-13-19-15-7-8-15/h1-2,4-6,12,15,19H,3,7-11,13H2. The van der Waals surface area contributed by atoms with Gasteiger partial charge in [-0.25, -0.2) is 0 Å². The molecule has 1 aromatic heterocycles. The number of benzene rings is 1. The highest BCUT2D eigenvalue weighted by Crippen LogP contribution is 2.40. The lowest BCUT2D eigenvalue weighted by Gasteiger charge is -2.42. The van der Waals surface area contributed by atoms with Crippen molar-refractivity contribution in [3.8, 4) is 5.75 Å². The number of para-hydroxylation sites is 1. The van der Waals surface area contributed by atoms with Crippen LogP contribution in [0.2, 0.25) is 0 Å². The van der Waals surface area contributed by atoms with Crippen LogP contribution in [-0.4, -0.2) is 23.2 Å².